The van der Waals surface area contributed by atoms with Crippen LogP contribution in [0.25, 0.3) is 11.1 Å². The molecule has 2 aromatic carbocycles. The third-order valence-electron chi connectivity index (χ3n) is 6.42. The van der Waals surface area contributed by atoms with Crippen LogP contribution in [0.15, 0.2) is 42.5 Å². The molecule has 0 radical (unpaired) electrons. The van der Waals surface area contributed by atoms with Crippen molar-refractivity contribution in [2.24, 2.45) is 5.92 Å². The van der Waals surface area contributed by atoms with Crippen molar-refractivity contribution < 1.29 is 23.0 Å². The first-order chi connectivity index (χ1) is 16.1. The SMILES string of the molecule is CCCCCCCCCOC1CCC(C(=O)Oc2ccc(-c3ccc(F)cc3)c(F)c2)CC1. The smallest absolute Gasteiger partial charge is 0.314 e. The normalized spacial score (nSPS) is 18.3. The van der Waals surface area contributed by atoms with Crippen LogP contribution in [0.3, 0.4) is 0 Å². The number of hydrogen-bond donors (Lipinski definition) is 0. The number of carbonyl (C=O) groups excluding carboxylic acids is 1. The highest BCUT2D eigenvalue weighted by Crippen LogP contribution is 2.30. The second kappa shape index (κ2) is 13.4. The summed E-state index contributed by atoms with van der Waals surface area (Å²) in [5.74, 6) is -1.17. The van der Waals surface area contributed by atoms with E-state index >= 15 is 0 Å². The minimum atomic E-state index is -0.505. The Bertz CT molecular complexity index is 858. The Labute approximate surface area is 196 Å². The zero-order valence-corrected chi connectivity index (χ0v) is 19.7. The molecule has 0 bridgehead atoms. The lowest BCUT2D eigenvalue weighted by molar-refractivity contribution is -0.141. The predicted octanol–water partition coefficient (Wildman–Crippen LogP) is 7.86. The molecular weight excluding hydrogens is 422 g/mol. The van der Waals surface area contributed by atoms with Gasteiger partial charge in [0, 0.05) is 18.2 Å². The molecule has 0 saturated heterocycles. The highest BCUT2D eigenvalue weighted by Gasteiger charge is 2.28. The Hall–Kier alpha value is -2.27. The van der Waals surface area contributed by atoms with Gasteiger partial charge in [0.05, 0.1) is 12.0 Å². The third kappa shape index (κ3) is 8.22. The molecule has 0 aromatic heterocycles. The molecule has 0 atom stereocenters. The molecule has 2 aromatic rings. The summed E-state index contributed by atoms with van der Waals surface area (Å²) in [7, 11) is 0. The second-order valence-corrected chi connectivity index (χ2v) is 9.04. The lowest BCUT2D eigenvalue weighted by atomic mass is 9.87. The first-order valence-corrected chi connectivity index (χ1v) is 12.5. The predicted molar refractivity (Wildman–Crippen MR) is 127 cm³/mol. The van der Waals surface area contributed by atoms with Crippen molar-refractivity contribution >= 4 is 5.97 Å². The van der Waals surface area contributed by atoms with Crippen molar-refractivity contribution in [2.45, 2.75) is 83.7 Å². The standard InChI is InChI=1S/C28H36F2O3/c1-2-3-4-5-6-7-8-19-32-24-15-11-22(12-16-24)28(31)33-25-17-18-26(27(30)20-25)21-9-13-23(29)14-10-21/h9-10,13-14,17-18,20,22,24H,2-8,11-12,15-16,19H2,1H3. The Morgan fingerprint density at radius 3 is 2.21 bits per heavy atom. The summed E-state index contributed by atoms with van der Waals surface area (Å²) < 4.78 is 39.1. The zero-order valence-electron chi connectivity index (χ0n) is 19.7. The van der Waals surface area contributed by atoms with E-state index in [2.05, 4.69) is 6.92 Å². The maximum atomic E-state index is 14.5. The van der Waals surface area contributed by atoms with Gasteiger partial charge in [-0.05, 0) is 61.9 Å². The van der Waals surface area contributed by atoms with Crippen LogP contribution in [0.5, 0.6) is 5.75 Å². The molecule has 1 fully saturated rings. The van der Waals surface area contributed by atoms with E-state index in [9.17, 15) is 13.6 Å². The van der Waals surface area contributed by atoms with Crippen molar-refractivity contribution in [3.8, 4) is 16.9 Å². The average molecular weight is 459 g/mol. The van der Waals surface area contributed by atoms with Gasteiger partial charge in [-0.3, -0.25) is 4.79 Å². The van der Waals surface area contributed by atoms with Crippen molar-refractivity contribution in [1.29, 1.82) is 0 Å². The summed E-state index contributed by atoms with van der Waals surface area (Å²) in [6.07, 6.45) is 12.3. The first-order valence-electron chi connectivity index (χ1n) is 12.5. The number of esters is 1. The van der Waals surface area contributed by atoms with E-state index < -0.39 is 5.82 Å². The maximum Gasteiger partial charge on any atom is 0.314 e. The summed E-state index contributed by atoms with van der Waals surface area (Å²) in [5, 5.41) is 0. The summed E-state index contributed by atoms with van der Waals surface area (Å²) >= 11 is 0. The second-order valence-electron chi connectivity index (χ2n) is 9.04. The highest BCUT2D eigenvalue weighted by atomic mass is 19.1. The van der Waals surface area contributed by atoms with Crippen LogP contribution >= 0.6 is 0 Å². The van der Waals surface area contributed by atoms with E-state index in [1.165, 1.54) is 68.9 Å². The molecule has 3 nitrogen and oxygen atoms in total. The maximum absolute atomic E-state index is 14.5. The fourth-order valence-electron chi connectivity index (χ4n) is 4.40. The summed E-state index contributed by atoms with van der Waals surface area (Å²) in [6, 6.07) is 9.97. The molecule has 1 saturated carbocycles. The molecule has 0 heterocycles. The van der Waals surface area contributed by atoms with Crippen LogP contribution < -0.4 is 4.74 Å². The van der Waals surface area contributed by atoms with E-state index in [-0.39, 0.29) is 29.6 Å². The fraction of sp³-hybridized carbons (Fsp3) is 0.536. The molecule has 0 N–H and O–H groups in total. The average Bonchev–Trinajstić information content (AvgIpc) is 2.82. The van der Waals surface area contributed by atoms with Gasteiger partial charge in [0.15, 0.2) is 0 Å². The van der Waals surface area contributed by atoms with Crippen LogP contribution in [-0.2, 0) is 9.53 Å². The van der Waals surface area contributed by atoms with E-state index in [0.29, 0.717) is 11.1 Å². The molecule has 0 spiro atoms. The molecule has 1 aliphatic rings. The first kappa shape index (κ1) is 25.4. The van der Waals surface area contributed by atoms with Gasteiger partial charge in [-0.1, -0.05) is 57.6 Å². The zero-order chi connectivity index (χ0) is 23.5. The van der Waals surface area contributed by atoms with Gasteiger partial charge in [-0.25, -0.2) is 8.78 Å². The van der Waals surface area contributed by atoms with Crippen LogP contribution in [0.4, 0.5) is 8.78 Å². The monoisotopic (exact) mass is 458 g/mol. The van der Waals surface area contributed by atoms with Gasteiger partial charge in [-0.2, -0.15) is 0 Å². The van der Waals surface area contributed by atoms with E-state index in [1.807, 2.05) is 0 Å². The van der Waals surface area contributed by atoms with E-state index in [1.54, 1.807) is 12.1 Å². The van der Waals surface area contributed by atoms with Crippen LogP contribution in [0, 0.1) is 17.6 Å². The number of halogens is 2. The summed E-state index contributed by atoms with van der Waals surface area (Å²) in [4.78, 5) is 12.6. The quantitative estimate of drug-likeness (QED) is 0.184. The number of rotatable bonds is 12. The number of benzene rings is 2. The Morgan fingerprint density at radius 1 is 0.879 bits per heavy atom. The molecule has 5 heteroatoms. The molecule has 1 aliphatic carbocycles. The van der Waals surface area contributed by atoms with Crippen molar-refractivity contribution in [3.63, 3.8) is 0 Å². The molecule has 180 valence electrons. The number of hydrogen-bond acceptors (Lipinski definition) is 3. The lowest BCUT2D eigenvalue weighted by Gasteiger charge is -2.27. The molecule has 0 amide bonds. The summed E-state index contributed by atoms with van der Waals surface area (Å²) in [6.45, 7) is 3.03. The number of carbonyl (C=O) groups is 1. The third-order valence-corrected chi connectivity index (χ3v) is 6.42. The van der Waals surface area contributed by atoms with Gasteiger partial charge in [-0.15, -0.1) is 0 Å². The minimum absolute atomic E-state index is 0.178. The molecule has 33 heavy (non-hydrogen) atoms. The fourth-order valence-corrected chi connectivity index (χ4v) is 4.40. The minimum Gasteiger partial charge on any atom is -0.426 e. The number of ether oxygens (including phenoxy) is 2. The van der Waals surface area contributed by atoms with Gasteiger partial charge in [0.25, 0.3) is 0 Å². The van der Waals surface area contributed by atoms with Crippen LogP contribution in [-0.4, -0.2) is 18.7 Å². The molecule has 0 aliphatic heterocycles. The molecule has 3 rings (SSSR count). The molecule has 0 unspecified atom stereocenters. The summed E-state index contributed by atoms with van der Waals surface area (Å²) in [5.41, 5.74) is 0.912. The van der Waals surface area contributed by atoms with Gasteiger partial charge < -0.3 is 9.47 Å². The van der Waals surface area contributed by atoms with Gasteiger partial charge >= 0.3 is 5.97 Å². The topological polar surface area (TPSA) is 35.5 Å². The van der Waals surface area contributed by atoms with Crippen molar-refractivity contribution in [2.75, 3.05) is 6.61 Å². The van der Waals surface area contributed by atoms with Crippen LogP contribution in [0.1, 0.15) is 77.6 Å². The van der Waals surface area contributed by atoms with E-state index in [4.69, 9.17) is 9.47 Å². The lowest BCUT2D eigenvalue weighted by Crippen LogP contribution is -2.29. The number of unbranched alkanes of at least 4 members (excludes halogenated alkanes) is 6. The van der Waals surface area contributed by atoms with Crippen LogP contribution in [0.2, 0.25) is 0 Å². The Balaban J connectivity index is 1.37. The highest BCUT2D eigenvalue weighted by molar-refractivity contribution is 5.75. The largest absolute Gasteiger partial charge is 0.426 e. The van der Waals surface area contributed by atoms with Crippen molar-refractivity contribution in [3.05, 3.63) is 54.1 Å². The molecular formula is C28H36F2O3. The Kier molecular flexibility index (Phi) is 10.3. The Morgan fingerprint density at radius 2 is 1.55 bits per heavy atom. The van der Waals surface area contributed by atoms with Gasteiger partial charge in [0.1, 0.15) is 17.4 Å². The van der Waals surface area contributed by atoms with Crippen molar-refractivity contribution in [1.82, 2.24) is 0 Å². The van der Waals surface area contributed by atoms with Gasteiger partial charge in [0.2, 0.25) is 0 Å². The van der Waals surface area contributed by atoms with E-state index in [0.717, 1.165) is 38.7 Å².